The highest BCUT2D eigenvalue weighted by Gasteiger charge is 2.31. The SMILES string of the molecule is CO/N=C(/C)c1cccc(C)c1CO/N=C(\CC1CC1)c1cccc(C(F)(F)F)c1. The first-order valence-electron chi connectivity index (χ1n) is 9.82. The van der Waals surface area contributed by atoms with Gasteiger partial charge in [-0.3, -0.25) is 0 Å². The van der Waals surface area contributed by atoms with Gasteiger partial charge in [0.1, 0.15) is 13.7 Å². The van der Waals surface area contributed by atoms with Crippen LogP contribution < -0.4 is 0 Å². The van der Waals surface area contributed by atoms with Crippen molar-refractivity contribution in [1.29, 1.82) is 0 Å². The maximum Gasteiger partial charge on any atom is 0.416 e. The highest BCUT2D eigenvalue weighted by Crippen LogP contribution is 2.35. The predicted molar refractivity (Wildman–Crippen MR) is 111 cm³/mol. The molecule has 0 spiro atoms. The summed E-state index contributed by atoms with van der Waals surface area (Å²) in [5.74, 6) is 0.451. The molecule has 0 aliphatic heterocycles. The Hall–Kier alpha value is -2.83. The third kappa shape index (κ3) is 5.62. The molecule has 0 bridgehead atoms. The third-order valence-corrected chi connectivity index (χ3v) is 5.11. The lowest BCUT2D eigenvalue weighted by Gasteiger charge is -2.13. The zero-order chi connectivity index (χ0) is 21.7. The van der Waals surface area contributed by atoms with E-state index in [0.717, 1.165) is 41.7 Å². The van der Waals surface area contributed by atoms with Crippen molar-refractivity contribution in [3.05, 3.63) is 70.3 Å². The lowest BCUT2D eigenvalue weighted by atomic mass is 10.00. The van der Waals surface area contributed by atoms with Gasteiger partial charge in [0.25, 0.3) is 0 Å². The monoisotopic (exact) mass is 418 g/mol. The zero-order valence-corrected chi connectivity index (χ0v) is 17.3. The van der Waals surface area contributed by atoms with Gasteiger partial charge < -0.3 is 9.68 Å². The van der Waals surface area contributed by atoms with Gasteiger partial charge in [-0.15, -0.1) is 0 Å². The number of benzene rings is 2. The average molecular weight is 418 g/mol. The topological polar surface area (TPSA) is 43.2 Å². The molecule has 0 unspecified atom stereocenters. The Bertz CT molecular complexity index is 948. The van der Waals surface area contributed by atoms with Crippen molar-refractivity contribution in [2.75, 3.05) is 7.11 Å². The van der Waals surface area contributed by atoms with Crippen molar-refractivity contribution >= 4 is 11.4 Å². The van der Waals surface area contributed by atoms with Crippen LogP contribution in [0.3, 0.4) is 0 Å². The fourth-order valence-electron chi connectivity index (χ4n) is 3.27. The number of hydrogen-bond acceptors (Lipinski definition) is 4. The second kappa shape index (κ2) is 9.32. The molecule has 2 aromatic rings. The maximum absolute atomic E-state index is 13.1. The Morgan fingerprint density at radius 3 is 2.50 bits per heavy atom. The first-order valence-corrected chi connectivity index (χ1v) is 9.82. The average Bonchev–Trinajstić information content (AvgIpc) is 3.52. The Labute approximate surface area is 174 Å². The summed E-state index contributed by atoms with van der Waals surface area (Å²) in [5.41, 5.74) is 3.82. The van der Waals surface area contributed by atoms with Crippen molar-refractivity contribution < 1.29 is 22.8 Å². The van der Waals surface area contributed by atoms with E-state index in [4.69, 9.17) is 9.68 Å². The van der Waals surface area contributed by atoms with E-state index in [-0.39, 0.29) is 6.61 Å². The number of halogens is 3. The van der Waals surface area contributed by atoms with Crippen LogP contribution in [0.5, 0.6) is 0 Å². The van der Waals surface area contributed by atoms with Crippen molar-refractivity contribution in [2.45, 2.75) is 45.9 Å². The molecular formula is C23H25F3N2O2. The van der Waals surface area contributed by atoms with Crippen molar-refractivity contribution in [3.8, 4) is 0 Å². The molecule has 1 saturated carbocycles. The summed E-state index contributed by atoms with van der Waals surface area (Å²) < 4.78 is 39.3. The van der Waals surface area contributed by atoms with Gasteiger partial charge >= 0.3 is 6.18 Å². The highest BCUT2D eigenvalue weighted by atomic mass is 19.4. The molecule has 2 aromatic carbocycles. The van der Waals surface area contributed by atoms with Crippen LogP contribution in [0.4, 0.5) is 13.2 Å². The van der Waals surface area contributed by atoms with E-state index in [2.05, 4.69) is 10.3 Å². The highest BCUT2D eigenvalue weighted by molar-refractivity contribution is 6.01. The third-order valence-electron chi connectivity index (χ3n) is 5.11. The Kier molecular flexibility index (Phi) is 6.80. The Morgan fingerprint density at radius 2 is 1.83 bits per heavy atom. The number of alkyl halides is 3. The number of aryl methyl sites for hydroxylation is 1. The largest absolute Gasteiger partial charge is 0.416 e. The second-order valence-corrected chi connectivity index (χ2v) is 7.50. The summed E-state index contributed by atoms with van der Waals surface area (Å²) in [4.78, 5) is 10.5. The molecule has 1 aliphatic rings. The van der Waals surface area contributed by atoms with Gasteiger partial charge in [0.2, 0.25) is 0 Å². The molecule has 0 atom stereocenters. The minimum atomic E-state index is -4.39. The van der Waals surface area contributed by atoms with E-state index < -0.39 is 11.7 Å². The van der Waals surface area contributed by atoms with E-state index in [1.807, 2.05) is 32.0 Å². The summed E-state index contributed by atoms with van der Waals surface area (Å²) in [7, 11) is 1.49. The number of oxime groups is 2. The molecule has 1 fully saturated rings. The van der Waals surface area contributed by atoms with Crippen LogP contribution in [0.2, 0.25) is 0 Å². The molecule has 3 rings (SSSR count). The molecular weight excluding hydrogens is 393 g/mol. The second-order valence-electron chi connectivity index (χ2n) is 7.50. The summed E-state index contributed by atoms with van der Waals surface area (Å²) in [6.45, 7) is 3.99. The summed E-state index contributed by atoms with van der Waals surface area (Å²) in [5, 5.41) is 8.24. The minimum absolute atomic E-state index is 0.186. The molecule has 0 N–H and O–H groups in total. The molecule has 4 nitrogen and oxygen atoms in total. The fraction of sp³-hybridized carbons (Fsp3) is 0.391. The van der Waals surface area contributed by atoms with E-state index in [0.29, 0.717) is 29.3 Å². The maximum atomic E-state index is 13.1. The standard InChI is InChI=1S/C23H25F3N2O2/c1-15-6-4-9-20(16(2)27-29-3)21(15)14-30-28-22(12-17-10-11-17)18-7-5-8-19(13-18)23(24,25)26/h4-9,13,17H,10-12,14H2,1-3H3/b27-16-,28-22+. The molecule has 160 valence electrons. The van der Waals surface area contributed by atoms with Crippen molar-refractivity contribution in [3.63, 3.8) is 0 Å². The van der Waals surface area contributed by atoms with Crippen molar-refractivity contribution in [1.82, 2.24) is 0 Å². The van der Waals surface area contributed by atoms with Gasteiger partial charge in [0.15, 0.2) is 0 Å². The minimum Gasteiger partial charge on any atom is -0.399 e. The molecule has 0 saturated heterocycles. The van der Waals surface area contributed by atoms with Gasteiger partial charge in [-0.2, -0.15) is 13.2 Å². The summed E-state index contributed by atoms with van der Waals surface area (Å²) >= 11 is 0. The molecule has 0 heterocycles. The number of hydrogen-bond donors (Lipinski definition) is 0. The fourth-order valence-corrected chi connectivity index (χ4v) is 3.27. The molecule has 0 radical (unpaired) electrons. The van der Waals surface area contributed by atoms with E-state index in [1.165, 1.54) is 13.2 Å². The number of nitrogens with zero attached hydrogens (tertiary/aromatic N) is 2. The first kappa shape index (κ1) is 21.9. The molecule has 7 heteroatoms. The van der Waals surface area contributed by atoms with Crippen LogP contribution in [-0.4, -0.2) is 18.5 Å². The zero-order valence-electron chi connectivity index (χ0n) is 17.3. The van der Waals surface area contributed by atoms with Gasteiger partial charge in [-0.1, -0.05) is 40.6 Å². The smallest absolute Gasteiger partial charge is 0.399 e. The predicted octanol–water partition coefficient (Wildman–Crippen LogP) is 6.11. The van der Waals surface area contributed by atoms with E-state index in [9.17, 15) is 13.2 Å². The Balaban J connectivity index is 1.85. The summed E-state index contributed by atoms with van der Waals surface area (Å²) in [6.07, 6.45) is -1.67. The lowest BCUT2D eigenvalue weighted by molar-refractivity contribution is -0.137. The van der Waals surface area contributed by atoms with Gasteiger partial charge in [0.05, 0.1) is 17.0 Å². The number of rotatable bonds is 8. The van der Waals surface area contributed by atoms with Gasteiger partial charge in [0, 0.05) is 11.1 Å². The normalized spacial score (nSPS) is 15.3. The molecule has 0 amide bonds. The quantitative estimate of drug-likeness (QED) is 0.384. The van der Waals surface area contributed by atoms with Crippen LogP contribution in [0.15, 0.2) is 52.8 Å². The van der Waals surface area contributed by atoms with Crippen LogP contribution in [0.25, 0.3) is 0 Å². The lowest BCUT2D eigenvalue weighted by Crippen LogP contribution is -2.09. The summed E-state index contributed by atoms with van der Waals surface area (Å²) in [6, 6.07) is 11.1. The van der Waals surface area contributed by atoms with Crippen LogP contribution in [0, 0.1) is 12.8 Å². The van der Waals surface area contributed by atoms with E-state index in [1.54, 1.807) is 6.07 Å². The Morgan fingerprint density at radius 1 is 1.10 bits per heavy atom. The first-order chi connectivity index (χ1) is 14.3. The van der Waals surface area contributed by atoms with Crippen LogP contribution in [-0.2, 0) is 22.5 Å². The van der Waals surface area contributed by atoms with Crippen molar-refractivity contribution in [2.24, 2.45) is 16.2 Å². The molecule has 0 aromatic heterocycles. The molecule has 30 heavy (non-hydrogen) atoms. The van der Waals surface area contributed by atoms with Crippen LogP contribution >= 0.6 is 0 Å². The molecule has 1 aliphatic carbocycles. The van der Waals surface area contributed by atoms with E-state index >= 15 is 0 Å². The van der Waals surface area contributed by atoms with Gasteiger partial charge in [-0.05, 0) is 62.3 Å². The van der Waals surface area contributed by atoms with Gasteiger partial charge in [-0.25, -0.2) is 0 Å². The van der Waals surface area contributed by atoms with Crippen LogP contribution in [0.1, 0.15) is 54.0 Å².